The van der Waals surface area contributed by atoms with E-state index >= 15 is 0 Å². The van der Waals surface area contributed by atoms with Crippen LogP contribution in [0.5, 0.6) is 0 Å². The third-order valence-corrected chi connectivity index (χ3v) is 7.56. The molecule has 0 unspecified atom stereocenters. The van der Waals surface area contributed by atoms with Crippen molar-refractivity contribution < 1.29 is 4.79 Å². The molecule has 2 saturated heterocycles. The van der Waals surface area contributed by atoms with Gasteiger partial charge in [-0.2, -0.15) is 11.3 Å². The van der Waals surface area contributed by atoms with Crippen molar-refractivity contribution in [2.45, 2.75) is 25.8 Å². The van der Waals surface area contributed by atoms with Gasteiger partial charge in [0.15, 0.2) is 0 Å². The van der Waals surface area contributed by atoms with Gasteiger partial charge in [0.25, 0.3) is 0 Å². The number of aryl methyl sites for hydroxylation is 1. The van der Waals surface area contributed by atoms with Gasteiger partial charge in [0.05, 0.1) is 17.6 Å². The van der Waals surface area contributed by atoms with Crippen LogP contribution in [0.2, 0.25) is 0 Å². The van der Waals surface area contributed by atoms with Gasteiger partial charge < -0.3 is 9.47 Å². The SMILES string of the molecule is Cn1c(CN2CCC3(CCN(C(=O)/C=C/c4ccsc4)CC3)C2)nc2ccccc21. The minimum absolute atomic E-state index is 0.144. The molecule has 0 atom stereocenters. The predicted octanol–water partition coefficient (Wildman–Crippen LogP) is 4.16. The Morgan fingerprint density at radius 2 is 1.97 bits per heavy atom. The topological polar surface area (TPSA) is 41.4 Å². The van der Waals surface area contributed by atoms with Crippen LogP contribution >= 0.6 is 11.3 Å². The number of para-hydroxylation sites is 2. The van der Waals surface area contributed by atoms with Crippen LogP contribution in [0.15, 0.2) is 47.2 Å². The molecule has 3 aromatic rings. The number of carbonyl (C=O) groups is 1. The van der Waals surface area contributed by atoms with Crippen LogP contribution in [-0.2, 0) is 18.4 Å². The van der Waals surface area contributed by atoms with Crippen LogP contribution in [-0.4, -0.2) is 51.4 Å². The molecule has 1 spiro atoms. The Labute approximate surface area is 181 Å². The van der Waals surface area contributed by atoms with Crippen LogP contribution in [0.3, 0.4) is 0 Å². The lowest BCUT2D eigenvalue weighted by molar-refractivity contribution is -0.128. The Bertz CT molecular complexity index is 1060. The Morgan fingerprint density at radius 3 is 2.73 bits per heavy atom. The normalized spacial score (nSPS) is 19.4. The van der Waals surface area contributed by atoms with Gasteiger partial charge in [-0.3, -0.25) is 9.69 Å². The number of nitrogens with zero attached hydrogens (tertiary/aromatic N) is 4. The van der Waals surface area contributed by atoms with Gasteiger partial charge in [0.1, 0.15) is 5.82 Å². The molecular weight excluding hydrogens is 392 g/mol. The lowest BCUT2D eigenvalue weighted by Crippen LogP contribution is -2.43. The smallest absolute Gasteiger partial charge is 0.246 e. The highest BCUT2D eigenvalue weighted by Crippen LogP contribution is 2.40. The Balaban J connectivity index is 1.18. The summed E-state index contributed by atoms with van der Waals surface area (Å²) in [7, 11) is 2.12. The number of rotatable bonds is 4. The number of hydrogen-bond donors (Lipinski definition) is 0. The summed E-state index contributed by atoms with van der Waals surface area (Å²) in [6.45, 7) is 4.87. The zero-order valence-electron chi connectivity index (χ0n) is 17.5. The first-order chi connectivity index (χ1) is 14.6. The van der Waals surface area contributed by atoms with E-state index in [9.17, 15) is 4.79 Å². The lowest BCUT2D eigenvalue weighted by atomic mass is 9.78. The molecule has 5 nitrogen and oxygen atoms in total. The molecule has 0 aliphatic carbocycles. The molecule has 2 fully saturated rings. The molecule has 1 amide bonds. The second-order valence-electron chi connectivity index (χ2n) is 8.75. The highest BCUT2D eigenvalue weighted by molar-refractivity contribution is 7.08. The average Bonchev–Trinajstić information content (AvgIpc) is 3.49. The summed E-state index contributed by atoms with van der Waals surface area (Å²) in [5, 5.41) is 4.10. The highest BCUT2D eigenvalue weighted by atomic mass is 32.1. The van der Waals surface area contributed by atoms with Crippen molar-refractivity contribution in [2.24, 2.45) is 12.5 Å². The van der Waals surface area contributed by atoms with E-state index in [4.69, 9.17) is 4.98 Å². The van der Waals surface area contributed by atoms with Crippen LogP contribution in [0.1, 0.15) is 30.7 Å². The second-order valence-corrected chi connectivity index (χ2v) is 9.53. The predicted molar refractivity (Wildman–Crippen MR) is 122 cm³/mol. The molecule has 4 heterocycles. The molecule has 0 N–H and O–H groups in total. The van der Waals surface area contributed by atoms with Crippen LogP contribution in [0, 0.1) is 5.41 Å². The zero-order valence-corrected chi connectivity index (χ0v) is 18.3. The molecule has 2 aliphatic rings. The average molecular weight is 421 g/mol. The quantitative estimate of drug-likeness (QED) is 0.595. The first kappa shape index (κ1) is 19.5. The minimum Gasteiger partial charge on any atom is -0.339 e. The van der Waals surface area contributed by atoms with E-state index in [1.807, 2.05) is 22.4 Å². The van der Waals surface area contributed by atoms with Crippen molar-refractivity contribution in [2.75, 3.05) is 26.2 Å². The van der Waals surface area contributed by atoms with Gasteiger partial charge in [0, 0.05) is 32.8 Å². The number of likely N-dealkylation sites (tertiary alicyclic amines) is 2. The van der Waals surface area contributed by atoms with Crippen molar-refractivity contribution in [1.29, 1.82) is 0 Å². The summed E-state index contributed by atoms with van der Waals surface area (Å²) in [6.07, 6.45) is 7.09. The maximum absolute atomic E-state index is 12.5. The summed E-state index contributed by atoms with van der Waals surface area (Å²) >= 11 is 1.66. The van der Waals surface area contributed by atoms with Crippen molar-refractivity contribution in [1.82, 2.24) is 19.4 Å². The van der Waals surface area contributed by atoms with Gasteiger partial charge in [-0.25, -0.2) is 4.98 Å². The van der Waals surface area contributed by atoms with E-state index in [1.165, 1.54) is 11.9 Å². The summed E-state index contributed by atoms with van der Waals surface area (Å²) in [6, 6.07) is 10.4. The summed E-state index contributed by atoms with van der Waals surface area (Å²) in [4.78, 5) is 22.0. The lowest BCUT2D eigenvalue weighted by Gasteiger charge is -2.39. The van der Waals surface area contributed by atoms with E-state index < -0.39 is 0 Å². The van der Waals surface area contributed by atoms with E-state index in [-0.39, 0.29) is 5.91 Å². The monoisotopic (exact) mass is 420 g/mol. The van der Waals surface area contributed by atoms with Crippen LogP contribution < -0.4 is 0 Å². The van der Waals surface area contributed by atoms with Gasteiger partial charge >= 0.3 is 0 Å². The van der Waals surface area contributed by atoms with E-state index in [2.05, 4.69) is 46.2 Å². The number of benzene rings is 1. The highest BCUT2D eigenvalue weighted by Gasteiger charge is 2.41. The maximum atomic E-state index is 12.5. The number of amides is 1. The summed E-state index contributed by atoms with van der Waals surface area (Å²) < 4.78 is 2.22. The van der Waals surface area contributed by atoms with E-state index in [1.54, 1.807) is 17.4 Å². The number of fused-ring (bicyclic) bond motifs is 1. The maximum Gasteiger partial charge on any atom is 0.246 e. The fourth-order valence-corrected chi connectivity index (χ4v) is 5.58. The number of imidazole rings is 1. The number of hydrogen-bond acceptors (Lipinski definition) is 4. The van der Waals surface area contributed by atoms with Crippen LogP contribution in [0.25, 0.3) is 17.1 Å². The molecule has 6 heteroatoms. The molecule has 0 saturated carbocycles. The third kappa shape index (κ3) is 3.82. The molecule has 2 aromatic heterocycles. The fourth-order valence-electron chi connectivity index (χ4n) is 4.95. The van der Waals surface area contributed by atoms with Crippen molar-refractivity contribution >= 4 is 34.4 Å². The third-order valence-electron chi connectivity index (χ3n) is 6.86. The van der Waals surface area contributed by atoms with Crippen LogP contribution in [0.4, 0.5) is 0 Å². The molecule has 30 heavy (non-hydrogen) atoms. The molecule has 1 aromatic carbocycles. The first-order valence-electron chi connectivity index (χ1n) is 10.7. The van der Waals surface area contributed by atoms with Gasteiger partial charge in [0.2, 0.25) is 5.91 Å². The molecule has 0 radical (unpaired) electrons. The number of piperidine rings is 1. The molecule has 5 rings (SSSR count). The van der Waals surface area contributed by atoms with Crippen molar-refractivity contribution in [3.8, 4) is 0 Å². The summed E-state index contributed by atoms with van der Waals surface area (Å²) in [5.74, 6) is 1.28. The number of thiophene rings is 1. The van der Waals surface area contributed by atoms with E-state index in [0.29, 0.717) is 5.41 Å². The minimum atomic E-state index is 0.144. The molecular formula is C24H28N4OS. The number of carbonyl (C=O) groups excluding carboxylic acids is 1. The first-order valence-corrected chi connectivity index (χ1v) is 11.7. The standard InChI is InChI=1S/C24H28N4OS/c1-26-21-5-3-2-4-20(21)25-22(26)16-27-12-9-24(18-27)10-13-28(14-11-24)23(29)7-6-19-8-15-30-17-19/h2-8,15,17H,9-14,16,18H2,1H3/b7-6+. The Hall–Kier alpha value is -2.44. The second kappa shape index (κ2) is 8.00. The van der Waals surface area contributed by atoms with E-state index in [0.717, 1.165) is 62.5 Å². The summed E-state index contributed by atoms with van der Waals surface area (Å²) in [5.41, 5.74) is 3.74. The molecule has 2 aliphatic heterocycles. The van der Waals surface area contributed by atoms with Gasteiger partial charge in [-0.05, 0) is 71.8 Å². The largest absolute Gasteiger partial charge is 0.339 e. The van der Waals surface area contributed by atoms with Gasteiger partial charge in [-0.1, -0.05) is 12.1 Å². The Kier molecular flexibility index (Phi) is 5.21. The zero-order chi connectivity index (χ0) is 20.6. The molecule has 0 bridgehead atoms. The van der Waals surface area contributed by atoms with Gasteiger partial charge in [-0.15, -0.1) is 0 Å². The molecule has 156 valence electrons. The fraction of sp³-hybridized carbons (Fsp3) is 0.417. The van der Waals surface area contributed by atoms with Crippen molar-refractivity contribution in [3.63, 3.8) is 0 Å². The number of aromatic nitrogens is 2. The Morgan fingerprint density at radius 1 is 1.17 bits per heavy atom. The van der Waals surface area contributed by atoms with Crippen molar-refractivity contribution in [3.05, 3.63) is 58.6 Å².